The minimum atomic E-state index is -0.814. The first-order chi connectivity index (χ1) is 8.46. The van der Waals surface area contributed by atoms with Crippen LogP contribution >= 0.6 is 0 Å². The molecule has 0 aromatic carbocycles. The number of carbonyl (C=O) groups excluding carboxylic acids is 1. The maximum atomic E-state index is 11.9. The molecule has 0 aromatic rings. The molecule has 0 bridgehead atoms. The number of urea groups is 1. The number of carboxylic acids is 1. The molecule has 106 valence electrons. The molecule has 0 saturated heterocycles. The zero-order chi connectivity index (χ0) is 14.1. The van der Waals surface area contributed by atoms with Gasteiger partial charge in [-0.05, 0) is 26.2 Å². The van der Waals surface area contributed by atoms with E-state index in [-0.39, 0.29) is 24.4 Å². The Morgan fingerprint density at radius 3 is 2.22 bits per heavy atom. The molecular weight excluding hydrogens is 232 g/mol. The third-order valence-electron chi connectivity index (χ3n) is 3.31. The summed E-state index contributed by atoms with van der Waals surface area (Å²) < 4.78 is 0. The van der Waals surface area contributed by atoms with Gasteiger partial charge in [-0.1, -0.05) is 20.3 Å². The number of amides is 2. The molecule has 2 unspecified atom stereocenters. The molecule has 2 atom stereocenters. The minimum absolute atomic E-state index is 0.00193. The number of aliphatic carboxylic acids is 1. The lowest BCUT2D eigenvalue weighted by Crippen LogP contribution is -2.46. The molecule has 2 amide bonds. The Kier molecular flexibility index (Phi) is 8.16. The molecule has 0 aliphatic carbocycles. The highest BCUT2D eigenvalue weighted by Gasteiger charge is 2.18. The lowest BCUT2D eigenvalue weighted by molar-refractivity contribution is -0.138. The van der Waals surface area contributed by atoms with Crippen molar-refractivity contribution in [2.24, 2.45) is 5.92 Å². The Hall–Kier alpha value is -1.26. The Morgan fingerprint density at radius 2 is 1.83 bits per heavy atom. The van der Waals surface area contributed by atoms with Crippen LogP contribution in [0.15, 0.2) is 0 Å². The molecule has 18 heavy (non-hydrogen) atoms. The smallest absolute Gasteiger partial charge is 0.317 e. The quantitative estimate of drug-likeness (QED) is 0.702. The van der Waals surface area contributed by atoms with Crippen LogP contribution in [0.5, 0.6) is 0 Å². The molecular formula is C13H26N2O3. The first-order valence-electron chi connectivity index (χ1n) is 6.72. The molecule has 5 heteroatoms. The van der Waals surface area contributed by atoms with Crippen LogP contribution in [-0.2, 0) is 4.79 Å². The average Bonchev–Trinajstić information content (AvgIpc) is 2.34. The van der Waals surface area contributed by atoms with Crippen molar-refractivity contribution in [1.29, 1.82) is 0 Å². The summed E-state index contributed by atoms with van der Waals surface area (Å²) >= 11 is 0. The topological polar surface area (TPSA) is 69.6 Å². The van der Waals surface area contributed by atoms with E-state index in [0.29, 0.717) is 13.1 Å². The molecule has 0 fully saturated rings. The zero-order valence-electron chi connectivity index (χ0n) is 11.9. The maximum absolute atomic E-state index is 11.9. The van der Waals surface area contributed by atoms with Crippen molar-refractivity contribution >= 4 is 12.0 Å². The van der Waals surface area contributed by atoms with Crippen molar-refractivity contribution in [2.45, 2.75) is 53.0 Å². The van der Waals surface area contributed by atoms with Crippen molar-refractivity contribution in [2.75, 3.05) is 13.1 Å². The van der Waals surface area contributed by atoms with Gasteiger partial charge in [0.05, 0.1) is 0 Å². The summed E-state index contributed by atoms with van der Waals surface area (Å²) in [7, 11) is 0. The van der Waals surface area contributed by atoms with Crippen LogP contribution in [0.1, 0.15) is 47.0 Å². The number of hydrogen-bond acceptors (Lipinski definition) is 2. The highest BCUT2D eigenvalue weighted by atomic mass is 16.4. The fourth-order valence-electron chi connectivity index (χ4n) is 1.82. The van der Waals surface area contributed by atoms with E-state index in [1.54, 1.807) is 4.90 Å². The van der Waals surface area contributed by atoms with Crippen molar-refractivity contribution in [3.05, 3.63) is 0 Å². The molecule has 0 aromatic heterocycles. The standard InChI is InChI=1S/C13H26N2O3/c1-5-10(4)15(7-3)13(18)14-9-11(6-2)8-12(16)17/h10-11H,5-9H2,1-4H3,(H,14,18)(H,16,17). The van der Waals surface area contributed by atoms with Gasteiger partial charge in [-0.2, -0.15) is 0 Å². The number of rotatable bonds is 8. The van der Waals surface area contributed by atoms with Gasteiger partial charge in [0.25, 0.3) is 0 Å². The van der Waals surface area contributed by atoms with E-state index in [2.05, 4.69) is 5.32 Å². The first kappa shape index (κ1) is 16.7. The van der Waals surface area contributed by atoms with Gasteiger partial charge in [0.15, 0.2) is 0 Å². The van der Waals surface area contributed by atoms with E-state index in [0.717, 1.165) is 12.8 Å². The molecule has 0 aliphatic heterocycles. The molecule has 0 rings (SSSR count). The average molecular weight is 258 g/mol. The second kappa shape index (κ2) is 8.78. The summed E-state index contributed by atoms with van der Waals surface area (Å²) in [5.74, 6) is -0.813. The van der Waals surface area contributed by atoms with Gasteiger partial charge >= 0.3 is 12.0 Å². The molecule has 0 saturated carbocycles. The lowest BCUT2D eigenvalue weighted by Gasteiger charge is -2.28. The van der Waals surface area contributed by atoms with Crippen molar-refractivity contribution < 1.29 is 14.7 Å². The van der Waals surface area contributed by atoms with E-state index in [9.17, 15) is 9.59 Å². The fraction of sp³-hybridized carbons (Fsp3) is 0.846. The van der Waals surface area contributed by atoms with Gasteiger partial charge < -0.3 is 15.3 Å². The van der Waals surface area contributed by atoms with E-state index >= 15 is 0 Å². The Labute approximate surface area is 110 Å². The van der Waals surface area contributed by atoms with Crippen LogP contribution in [0.4, 0.5) is 4.79 Å². The number of carboxylic acid groups (broad SMARTS) is 1. The van der Waals surface area contributed by atoms with Crippen LogP contribution in [0.25, 0.3) is 0 Å². The zero-order valence-corrected chi connectivity index (χ0v) is 11.9. The summed E-state index contributed by atoms with van der Waals surface area (Å²) in [6.07, 6.45) is 1.77. The van der Waals surface area contributed by atoms with Gasteiger partial charge in [-0.3, -0.25) is 4.79 Å². The molecule has 5 nitrogen and oxygen atoms in total. The number of nitrogens with zero attached hydrogens (tertiary/aromatic N) is 1. The molecule has 0 spiro atoms. The lowest BCUT2D eigenvalue weighted by atomic mass is 10.0. The van der Waals surface area contributed by atoms with E-state index in [1.807, 2.05) is 27.7 Å². The normalized spacial score (nSPS) is 13.8. The van der Waals surface area contributed by atoms with Crippen molar-refractivity contribution in [1.82, 2.24) is 10.2 Å². The molecule has 2 N–H and O–H groups in total. The van der Waals surface area contributed by atoms with Crippen LogP contribution in [0.2, 0.25) is 0 Å². The van der Waals surface area contributed by atoms with Crippen LogP contribution in [-0.4, -0.2) is 41.1 Å². The number of nitrogens with one attached hydrogen (secondary N) is 1. The summed E-state index contributed by atoms with van der Waals surface area (Å²) in [6, 6.07) is 0.102. The van der Waals surface area contributed by atoms with Gasteiger partial charge in [-0.15, -0.1) is 0 Å². The summed E-state index contributed by atoms with van der Waals surface area (Å²) in [4.78, 5) is 24.4. The Morgan fingerprint density at radius 1 is 1.22 bits per heavy atom. The highest BCUT2D eigenvalue weighted by molar-refractivity contribution is 5.74. The second-order valence-corrected chi connectivity index (χ2v) is 4.60. The van der Waals surface area contributed by atoms with Gasteiger partial charge in [0, 0.05) is 25.6 Å². The summed E-state index contributed by atoms with van der Waals surface area (Å²) in [5.41, 5.74) is 0. The monoisotopic (exact) mass is 258 g/mol. The third-order valence-corrected chi connectivity index (χ3v) is 3.31. The predicted octanol–water partition coefficient (Wildman–Crippen LogP) is 2.32. The third kappa shape index (κ3) is 5.89. The van der Waals surface area contributed by atoms with Crippen molar-refractivity contribution in [3.8, 4) is 0 Å². The minimum Gasteiger partial charge on any atom is -0.481 e. The Balaban J connectivity index is 4.24. The summed E-state index contributed by atoms with van der Waals surface area (Å²) in [5, 5.41) is 11.6. The fourth-order valence-corrected chi connectivity index (χ4v) is 1.82. The first-order valence-corrected chi connectivity index (χ1v) is 6.72. The molecule has 0 radical (unpaired) electrons. The number of hydrogen-bond donors (Lipinski definition) is 2. The van der Waals surface area contributed by atoms with Crippen LogP contribution in [0, 0.1) is 5.92 Å². The molecule has 0 heterocycles. The number of carbonyl (C=O) groups is 2. The Bertz CT molecular complexity index is 269. The maximum Gasteiger partial charge on any atom is 0.317 e. The van der Waals surface area contributed by atoms with Crippen LogP contribution in [0.3, 0.4) is 0 Å². The largest absolute Gasteiger partial charge is 0.481 e. The van der Waals surface area contributed by atoms with Crippen molar-refractivity contribution in [3.63, 3.8) is 0 Å². The van der Waals surface area contributed by atoms with E-state index in [4.69, 9.17) is 5.11 Å². The van der Waals surface area contributed by atoms with Gasteiger partial charge in [0.1, 0.15) is 0 Å². The molecule has 0 aliphatic rings. The van der Waals surface area contributed by atoms with E-state index in [1.165, 1.54) is 0 Å². The van der Waals surface area contributed by atoms with Crippen LogP contribution < -0.4 is 5.32 Å². The second-order valence-electron chi connectivity index (χ2n) is 4.60. The summed E-state index contributed by atoms with van der Waals surface area (Å²) in [6.45, 7) is 9.02. The SMILES string of the molecule is CCC(CNC(=O)N(CC)C(C)CC)CC(=O)O. The van der Waals surface area contributed by atoms with Gasteiger partial charge in [0.2, 0.25) is 0 Å². The highest BCUT2D eigenvalue weighted by Crippen LogP contribution is 2.08. The predicted molar refractivity (Wildman–Crippen MR) is 71.6 cm³/mol. The van der Waals surface area contributed by atoms with Gasteiger partial charge in [-0.25, -0.2) is 4.79 Å². The van der Waals surface area contributed by atoms with E-state index < -0.39 is 5.97 Å².